The number of halogens is 3. The quantitative estimate of drug-likeness (QED) is 0.757. The molecule has 2 N–H and O–H groups in total. The van der Waals surface area contributed by atoms with E-state index in [0.717, 1.165) is 4.90 Å². The second-order valence-electron chi connectivity index (χ2n) is 4.32. The lowest BCUT2D eigenvalue weighted by Gasteiger charge is -2.26. The van der Waals surface area contributed by atoms with Crippen molar-refractivity contribution in [3.8, 4) is 0 Å². The third-order valence-electron chi connectivity index (χ3n) is 2.82. The van der Waals surface area contributed by atoms with Crippen molar-refractivity contribution in [1.29, 1.82) is 0 Å². The number of nitrogens with zero attached hydrogens (tertiary/aromatic N) is 1. The van der Waals surface area contributed by atoms with E-state index in [2.05, 4.69) is 4.74 Å². The number of ether oxygens (including phenoxy) is 1. The maximum absolute atomic E-state index is 12.7. The standard InChI is InChI=1S/C10H15F3N2O4/c1-19-5-4-15(6-7(16)17)8(18)14-9(2-3-9)10(11,12)13/h2-6H2,1H3,(H,14,18)(H,16,17). The number of urea groups is 1. The first-order valence-corrected chi connectivity index (χ1v) is 5.56. The van der Waals surface area contributed by atoms with E-state index in [-0.39, 0.29) is 26.0 Å². The Morgan fingerprint density at radius 3 is 2.37 bits per heavy atom. The van der Waals surface area contributed by atoms with Crippen molar-refractivity contribution >= 4 is 12.0 Å². The maximum Gasteiger partial charge on any atom is 0.411 e. The zero-order chi connectivity index (χ0) is 14.7. The summed E-state index contributed by atoms with van der Waals surface area (Å²) in [6, 6.07) is -1.05. The van der Waals surface area contributed by atoms with Gasteiger partial charge in [-0.25, -0.2) is 4.79 Å². The zero-order valence-electron chi connectivity index (χ0n) is 10.3. The Morgan fingerprint density at radius 1 is 1.42 bits per heavy atom. The summed E-state index contributed by atoms with van der Waals surface area (Å²) in [5.74, 6) is -1.30. The lowest BCUT2D eigenvalue weighted by atomic mass is 10.2. The molecule has 0 bridgehead atoms. The highest BCUT2D eigenvalue weighted by Crippen LogP contribution is 2.48. The summed E-state index contributed by atoms with van der Waals surface area (Å²) in [5, 5.41) is 10.5. The van der Waals surface area contributed by atoms with E-state index in [9.17, 15) is 22.8 Å². The third kappa shape index (κ3) is 3.98. The van der Waals surface area contributed by atoms with E-state index in [1.165, 1.54) is 7.11 Å². The number of methoxy groups -OCH3 is 1. The Balaban J connectivity index is 2.64. The van der Waals surface area contributed by atoms with Gasteiger partial charge in [0.15, 0.2) is 0 Å². The monoisotopic (exact) mass is 284 g/mol. The zero-order valence-corrected chi connectivity index (χ0v) is 10.3. The Kier molecular flexibility index (Phi) is 4.61. The van der Waals surface area contributed by atoms with Crippen LogP contribution in [0.5, 0.6) is 0 Å². The van der Waals surface area contributed by atoms with E-state index in [1.54, 1.807) is 0 Å². The number of alkyl halides is 3. The van der Waals surface area contributed by atoms with Gasteiger partial charge in [0.25, 0.3) is 0 Å². The molecule has 9 heteroatoms. The van der Waals surface area contributed by atoms with Crippen LogP contribution in [-0.4, -0.2) is 60.5 Å². The van der Waals surface area contributed by atoms with Crippen molar-refractivity contribution < 1.29 is 32.6 Å². The molecular weight excluding hydrogens is 269 g/mol. The average Bonchev–Trinajstić information content (AvgIpc) is 3.03. The number of carboxylic acid groups (broad SMARTS) is 1. The molecule has 0 aromatic heterocycles. The fourth-order valence-electron chi connectivity index (χ4n) is 1.51. The topological polar surface area (TPSA) is 78.9 Å². The van der Waals surface area contributed by atoms with E-state index in [4.69, 9.17) is 5.11 Å². The van der Waals surface area contributed by atoms with Crippen molar-refractivity contribution in [3.63, 3.8) is 0 Å². The molecule has 0 atom stereocenters. The van der Waals surface area contributed by atoms with Gasteiger partial charge in [-0.05, 0) is 12.8 Å². The van der Waals surface area contributed by atoms with Crippen LogP contribution in [0, 0.1) is 0 Å². The number of carbonyl (C=O) groups excluding carboxylic acids is 1. The molecule has 110 valence electrons. The van der Waals surface area contributed by atoms with Gasteiger partial charge in [-0.2, -0.15) is 13.2 Å². The van der Waals surface area contributed by atoms with Gasteiger partial charge in [-0.1, -0.05) is 0 Å². The summed E-state index contributed by atoms with van der Waals surface area (Å²) in [6.45, 7) is -0.731. The second-order valence-corrected chi connectivity index (χ2v) is 4.32. The van der Waals surface area contributed by atoms with E-state index < -0.39 is 30.3 Å². The van der Waals surface area contributed by atoms with Crippen LogP contribution in [0.15, 0.2) is 0 Å². The minimum atomic E-state index is -4.53. The van der Waals surface area contributed by atoms with Crippen LogP contribution in [0.3, 0.4) is 0 Å². The fraction of sp³-hybridized carbons (Fsp3) is 0.800. The van der Waals surface area contributed by atoms with Crippen LogP contribution in [0.25, 0.3) is 0 Å². The van der Waals surface area contributed by atoms with Gasteiger partial charge in [0.05, 0.1) is 6.61 Å². The molecule has 0 heterocycles. The number of rotatable bonds is 6. The van der Waals surface area contributed by atoms with Crippen molar-refractivity contribution in [2.24, 2.45) is 0 Å². The number of aliphatic carboxylic acids is 1. The number of carboxylic acids is 1. The van der Waals surface area contributed by atoms with E-state index >= 15 is 0 Å². The molecule has 0 aliphatic heterocycles. The van der Waals surface area contributed by atoms with Gasteiger partial charge in [0.2, 0.25) is 0 Å². The lowest BCUT2D eigenvalue weighted by molar-refractivity contribution is -0.163. The van der Waals surface area contributed by atoms with Gasteiger partial charge in [-0.15, -0.1) is 0 Å². The molecule has 1 aliphatic carbocycles. The molecule has 6 nitrogen and oxygen atoms in total. The Bertz CT molecular complexity index is 355. The molecule has 2 amide bonds. The van der Waals surface area contributed by atoms with Crippen molar-refractivity contribution in [3.05, 3.63) is 0 Å². The van der Waals surface area contributed by atoms with E-state index in [1.807, 2.05) is 5.32 Å². The van der Waals surface area contributed by atoms with E-state index in [0.29, 0.717) is 0 Å². The predicted molar refractivity (Wildman–Crippen MR) is 57.6 cm³/mol. The molecule has 0 aromatic carbocycles. The van der Waals surface area contributed by atoms with Crippen molar-refractivity contribution in [2.75, 3.05) is 26.8 Å². The van der Waals surface area contributed by atoms with Crippen LogP contribution in [0.4, 0.5) is 18.0 Å². The van der Waals surface area contributed by atoms with Crippen molar-refractivity contribution in [1.82, 2.24) is 10.2 Å². The highest BCUT2D eigenvalue weighted by Gasteiger charge is 2.64. The van der Waals surface area contributed by atoms with Crippen LogP contribution < -0.4 is 5.32 Å². The number of hydrogen-bond donors (Lipinski definition) is 2. The van der Waals surface area contributed by atoms with Gasteiger partial charge >= 0.3 is 18.2 Å². The molecule has 0 unspecified atom stereocenters. The molecule has 1 fully saturated rings. The molecule has 1 aliphatic rings. The number of carbonyl (C=O) groups is 2. The fourth-order valence-corrected chi connectivity index (χ4v) is 1.51. The molecular formula is C10H15F3N2O4. The highest BCUT2D eigenvalue weighted by molar-refractivity contribution is 5.81. The number of nitrogens with one attached hydrogen (secondary N) is 1. The van der Waals surface area contributed by atoms with Gasteiger partial charge in [-0.3, -0.25) is 4.79 Å². The van der Waals surface area contributed by atoms with Gasteiger partial charge < -0.3 is 20.1 Å². The number of amides is 2. The summed E-state index contributed by atoms with van der Waals surface area (Å²) in [6.07, 6.45) is -4.90. The normalized spacial score (nSPS) is 16.8. The Morgan fingerprint density at radius 2 is 2.00 bits per heavy atom. The molecule has 0 aromatic rings. The highest BCUT2D eigenvalue weighted by atomic mass is 19.4. The first-order valence-electron chi connectivity index (χ1n) is 5.56. The summed E-state index contributed by atoms with van der Waals surface area (Å²) < 4.78 is 42.7. The first-order chi connectivity index (χ1) is 8.72. The smallest absolute Gasteiger partial charge is 0.411 e. The maximum atomic E-state index is 12.7. The lowest BCUT2D eigenvalue weighted by Crippen LogP contribution is -2.54. The molecule has 0 spiro atoms. The van der Waals surface area contributed by atoms with Crippen LogP contribution in [0.1, 0.15) is 12.8 Å². The molecule has 0 saturated heterocycles. The Hall–Kier alpha value is -1.51. The van der Waals surface area contributed by atoms with Crippen LogP contribution in [0.2, 0.25) is 0 Å². The molecule has 0 radical (unpaired) electrons. The van der Waals surface area contributed by atoms with Gasteiger partial charge in [0.1, 0.15) is 12.1 Å². The van der Waals surface area contributed by atoms with Crippen molar-refractivity contribution in [2.45, 2.75) is 24.6 Å². The average molecular weight is 284 g/mol. The minimum Gasteiger partial charge on any atom is -0.480 e. The second kappa shape index (κ2) is 5.64. The molecule has 1 saturated carbocycles. The summed E-state index contributed by atoms with van der Waals surface area (Å²) in [4.78, 5) is 23.0. The Labute approximate surface area is 107 Å². The van der Waals surface area contributed by atoms with Crippen LogP contribution >= 0.6 is 0 Å². The first kappa shape index (κ1) is 15.5. The summed E-state index contributed by atoms with van der Waals surface area (Å²) in [5.41, 5.74) is -2.20. The predicted octanol–water partition coefficient (Wildman–Crippen LogP) is 0.824. The summed E-state index contributed by atoms with van der Waals surface area (Å²) >= 11 is 0. The van der Waals surface area contributed by atoms with Crippen LogP contribution in [-0.2, 0) is 9.53 Å². The third-order valence-corrected chi connectivity index (χ3v) is 2.82. The number of hydrogen-bond acceptors (Lipinski definition) is 3. The van der Waals surface area contributed by atoms with Gasteiger partial charge in [0, 0.05) is 13.7 Å². The SMILES string of the molecule is COCCN(CC(=O)O)C(=O)NC1(C(F)(F)F)CC1. The molecule has 1 rings (SSSR count). The minimum absolute atomic E-state index is 0.0414. The molecule has 19 heavy (non-hydrogen) atoms. The summed E-state index contributed by atoms with van der Waals surface area (Å²) in [7, 11) is 1.34. The largest absolute Gasteiger partial charge is 0.480 e.